The predicted octanol–water partition coefficient (Wildman–Crippen LogP) is 3.58. The van der Waals surface area contributed by atoms with Crippen LogP contribution in [-0.4, -0.2) is 26.1 Å². The van der Waals surface area contributed by atoms with Crippen molar-refractivity contribution in [2.24, 2.45) is 5.92 Å². The van der Waals surface area contributed by atoms with Crippen LogP contribution in [0.25, 0.3) is 0 Å². The molecule has 2 unspecified atom stereocenters. The van der Waals surface area contributed by atoms with Crippen LogP contribution in [0.1, 0.15) is 34.6 Å². The largest absolute Gasteiger partial charge is 0.407 e. The molecule has 0 aromatic heterocycles. The average molecular weight is 343 g/mol. The van der Waals surface area contributed by atoms with Crippen LogP contribution in [0.3, 0.4) is 0 Å². The second-order valence-electron chi connectivity index (χ2n) is 7.69. The number of rotatable bonds is 6. The van der Waals surface area contributed by atoms with E-state index in [0.717, 1.165) is 0 Å². The number of aliphatic hydroxyl groups excluding tert-OH is 1. The second kappa shape index (κ2) is 7.64. The lowest BCUT2D eigenvalue weighted by Gasteiger charge is -2.43. The highest BCUT2D eigenvalue weighted by molar-refractivity contribution is 6.99. The number of hydrogen-bond donors (Lipinski definition) is 1. The Hall–Kier alpha value is -1.42. The molecule has 0 aliphatic heterocycles. The van der Waals surface area contributed by atoms with Crippen molar-refractivity contribution in [3.05, 3.63) is 60.7 Å². The third-order valence-electron chi connectivity index (χ3n) is 4.80. The first kappa shape index (κ1) is 18.9. The van der Waals surface area contributed by atoms with E-state index in [1.54, 1.807) is 0 Å². The van der Waals surface area contributed by atoms with Crippen LogP contribution in [0, 0.1) is 5.92 Å². The van der Waals surface area contributed by atoms with Crippen LogP contribution in [0.5, 0.6) is 0 Å². The summed E-state index contributed by atoms with van der Waals surface area (Å²) in [7, 11) is -2.47. The monoisotopic (exact) mass is 342 g/mol. The van der Waals surface area contributed by atoms with Crippen molar-refractivity contribution in [1.82, 2.24) is 0 Å². The van der Waals surface area contributed by atoms with Crippen molar-refractivity contribution in [1.29, 1.82) is 0 Å². The quantitative estimate of drug-likeness (QED) is 0.813. The first-order chi connectivity index (χ1) is 11.3. The molecule has 2 aromatic carbocycles. The van der Waals surface area contributed by atoms with Gasteiger partial charge in [0.1, 0.15) is 0 Å². The molecule has 2 nitrogen and oxygen atoms in total. The van der Waals surface area contributed by atoms with Crippen molar-refractivity contribution >= 4 is 18.7 Å². The molecule has 0 amide bonds. The van der Waals surface area contributed by atoms with Gasteiger partial charge in [-0.25, -0.2) is 0 Å². The molecule has 24 heavy (non-hydrogen) atoms. The molecule has 130 valence electrons. The van der Waals surface area contributed by atoms with E-state index in [-0.39, 0.29) is 17.1 Å². The van der Waals surface area contributed by atoms with E-state index in [2.05, 4.69) is 81.4 Å². The number of benzene rings is 2. The molecule has 3 heteroatoms. The lowest BCUT2D eigenvalue weighted by Crippen LogP contribution is -2.67. The van der Waals surface area contributed by atoms with Gasteiger partial charge in [0.2, 0.25) is 0 Å². The van der Waals surface area contributed by atoms with Crippen molar-refractivity contribution < 1.29 is 9.53 Å². The van der Waals surface area contributed by atoms with Crippen molar-refractivity contribution in [2.45, 2.75) is 45.8 Å². The molecule has 1 N–H and O–H groups in total. The minimum absolute atomic E-state index is 0.0197. The van der Waals surface area contributed by atoms with Gasteiger partial charge in [-0.05, 0) is 22.3 Å². The van der Waals surface area contributed by atoms with E-state index in [1.807, 2.05) is 13.8 Å². The number of aliphatic hydroxyl groups is 1. The summed E-state index contributed by atoms with van der Waals surface area (Å²) in [4.78, 5) is 0. The summed E-state index contributed by atoms with van der Waals surface area (Å²) < 4.78 is 6.77. The summed E-state index contributed by atoms with van der Waals surface area (Å²) in [6.45, 7) is 11.2. The SMILES string of the molecule is CC(O)C(C)CO[Si](c1ccccc1)(c1ccccc1)C(C)(C)C. The van der Waals surface area contributed by atoms with E-state index in [0.29, 0.717) is 6.61 Å². The van der Waals surface area contributed by atoms with Gasteiger partial charge in [-0.3, -0.25) is 0 Å². The Morgan fingerprint density at radius 3 is 1.62 bits per heavy atom. The number of hydrogen-bond acceptors (Lipinski definition) is 2. The highest BCUT2D eigenvalue weighted by Crippen LogP contribution is 2.37. The molecule has 0 aliphatic rings. The molecule has 2 rings (SSSR count). The molecule has 0 saturated carbocycles. The Bertz CT molecular complexity index is 578. The van der Waals surface area contributed by atoms with E-state index in [9.17, 15) is 5.11 Å². The van der Waals surface area contributed by atoms with Gasteiger partial charge in [-0.15, -0.1) is 0 Å². The van der Waals surface area contributed by atoms with Gasteiger partial charge in [0.25, 0.3) is 8.32 Å². The average Bonchev–Trinajstić information content (AvgIpc) is 2.56. The van der Waals surface area contributed by atoms with Crippen LogP contribution in [0.4, 0.5) is 0 Å². The summed E-state index contributed by atoms with van der Waals surface area (Å²) in [5.41, 5.74) is 0. The summed E-state index contributed by atoms with van der Waals surface area (Å²) in [5, 5.41) is 12.4. The molecule has 0 saturated heterocycles. The Balaban J connectivity index is 2.57. The zero-order valence-corrected chi connectivity index (χ0v) is 16.5. The summed E-state index contributed by atoms with van der Waals surface area (Å²) in [6, 6.07) is 21.2. The van der Waals surface area contributed by atoms with Crippen LogP contribution < -0.4 is 10.4 Å². The maximum atomic E-state index is 9.90. The summed E-state index contributed by atoms with van der Waals surface area (Å²) in [5.74, 6) is 0.103. The Morgan fingerprint density at radius 1 is 0.875 bits per heavy atom. The fourth-order valence-electron chi connectivity index (χ4n) is 3.16. The van der Waals surface area contributed by atoms with Gasteiger partial charge >= 0.3 is 0 Å². The molecule has 0 bridgehead atoms. The maximum absolute atomic E-state index is 9.90. The third-order valence-corrected chi connectivity index (χ3v) is 9.81. The fourth-order valence-corrected chi connectivity index (χ4v) is 7.83. The van der Waals surface area contributed by atoms with E-state index < -0.39 is 8.32 Å². The van der Waals surface area contributed by atoms with Gasteiger partial charge in [0.15, 0.2) is 0 Å². The van der Waals surface area contributed by atoms with E-state index in [4.69, 9.17) is 4.43 Å². The van der Waals surface area contributed by atoms with Crippen molar-refractivity contribution in [3.63, 3.8) is 0 Å². The molecule has 2 aromatic rings. The highest BCUT2D eigenvalue weighted by Gasteiger charge is 2.50. The third kappa shape index (κ3) is 3.80. The van der Waals surface area contributed by atoms with Gasteiger partial charge in [-0.2, -0.15) is 0 Å². The molecule has 0 radical (unpaired) electrons. The zero-order valence-electron chi connectivity index (χ0n) is 15.5. The normalized spacial score (nSPS) is 15.1. The molecule has 0 heterocycles. The molecular formula is C21H30O2Si. The van der Waals surface area contributed by atoms with Crippen LogP contribution in [-0.2, 0) is 4.43 Å². The fraction of sp³-hybridized carbons (Fsp3) is 0.429. The van der Waals surface area contributed by atoms with Gasteiger partial charge in [0, 0.05) is 12.5 Å². The van der Waals surface area contributed by atoms with Gasteiger partial charge < -0.3 is 9.53 Å². The second-order valence-corrected chi connectivity index (χ2v) is 12.0. The first-order valence-corrected chi connectivity index (χ1v) is 10.6. The minimum Gasteiger partial charge on any atom is -0.407 e. The topological polar surface area (TPSA) is 29.5 Å². The Kier molecular flexibility index (Phi) is 6.02. The summed E-state index contributed by atoms with van der Waals surface area (Å²) in [6.07, 6.45) is -0.372. The Morgan fingerprint density at radius 2 is 1.29 bits per heavy atom. The molecular weight excluding hydrogens is 312 g/mol. The first-order valence-electron chi connectivity index (χ1n) is 8.72. The lowest BCUT2D eigenvalue weighted by atomic mass is 10.1. The van der Waals surface area contributed by atoms with Gasteiger partial charge in [0.05, 0.1) is 6.10 Å². The van der Waals surface area contributed by atoms with Crippen LogP contribution >= 0.6 is 0 Å². The smallest absolute Gasteiger partial charge is 0.261 e. The molecule has 0 aliphatic carbocycles. The van der Waals surface area contributed by atoms with E-state index >= 15 is 0 Å². The highest BCUT2D eigenvalue weighted by atomic mass is 28.4. The zero-order chi connectivity index (χ0) is 17.8. The van der Waals surface area contributed by atoms with Crippen molar-refractivity contribution in [2.75, 3.05) is 6.61 Å². The standard InChI is InChI=1S/C21H30O2Si/c1-17(18(2)22)16-23-24(21(3,4)5,19-12-8-6-9-13-19)20-14-10-7-11-15-20/h6-15,17-18,22H,16H2,1-5H3. The van der Waals surface area contributed by atoms with Crippen LogP contribution in [0.2, 0.25) is 5.04 Å². The van der Waals surface area contributed by atoms with E-state index in [1.165, 1.54) is 10.4 Å². The summed E-state index contributed by atoms with van der Waals surface area (Å²) >= 11 is 0. The minimum atomic E-state index is -2.47. The lowest BCUT2D eigenvalue weighted by molar-refractivity contribution is 0.0959. The predicted molar refractivity (Wildman–Crippen MR) is 104 cm³/mol. The van der Waals surface area contributed by atoms with Gasteiger partial charge in [-0.1, -0.05) is 88.4 Å². The molecule has 0 spiro atoms. The molecule has 2 atom stereocenters. The Labute approximate surface area is 147 Å². The van der Waals surface area contributed by atoms with Crippen molar-refractivity contribution in [3.8, 4) is 0 Å². The van der Waals surface area contributed by atoms with Crippen LogP contribution in [0.15, 0.2) is 60.7 Å². The maximum Gasteiger partial charge on any atom is 0.261 e. The molecule has 0 fully saturated rings.